The minimum atomic E-state index is -1.01. The van der Waals surface area contributed by atoms with Gasteiger partial charge >= 0.3 is 17.9 Å². The lowest BCUT2D eigenvalue weighted by Crippen LogP contribution is -2.43. The molecule has 0 aliphatic carbocycles. The molecule has 1 aliphatic rings. The molecule has 0 N–H and O–H groups in total. The van der Waals surface area contributed by atoms with Crippen LogP contribution < -0.4 is 0 Å². The normalized spacial score (nSPS) is 26.1. The van der Waals surface area contributed by atoms with Gasteiger partial charge in [0.25, 0.3) is 0 Å². The summed E-state index contributed by atoms with van der Waals surface area (Å²) in [7, 11) is 4.18. The van der Waals surface area contributed by atoms with Crippen molar-refractivity contribution in [1.29, 1.82) is 0 Å². The molecule has 1 saturated heterocycles. The zero-order valence-electron chi connectivity index (χ0n) is 14.8. The zero-order chi connectivity index (χ0) is 18.6. The number of likely N-dealkylation sites (tertiary alicyclic amines) is 1. The van der Waals surface area contributed by atoms with Gasteiger partial charge in [0, 0.05) is 6.04 Å². The van der Waals surface area contributed by atoms with Gasteiger partial charge in [0.05, 0.1) is 32.7 Å². The number of hydrogen-bond donors (Lipinski definition) is 0. The van der Waals surface area contributed by atoms with Crippen molar-refractivity contribution in [2.24, 2.45) is 11.8 Å². The Balaban J connectivity index is 2.56. The molecular formula is C18H23NO6. The summed E-state index contributed by atoms with van der Waals surface area (Å²) < 4.78 is 14.9. The number of ether oxygens (including phenoxy) is 3. The van der Waals surface area contributed by atoms with Crippen LogP contribution in [0.4, 0.5) is 0 Å². The van der Waals surface area contributed by atoms with Crippen LogP contribution >= 0.6 is 0 Å². The summed E-state index contributed by atoms with van der Waals surface area (Å²) in [5.74, 6) is -3.65. The summed E-state index contributed by atoms with van der Waals surface area (Å²) in [6, 6.07) is 7.78. The van der Waals surface area contributed by atoms with Gasteiger partial charge in [0.15, 0.2) is 0 Å². The maximum atomic E-state index is 12.5. The first-order chi connectivity index (χ1) is 12.0. The average Bonchev–Trinajstić information content (AvgIpc) is 2.94. The Labute approximate surface area is 146 Å². The molecule has 0 unspecified atom stereocenters. The van der Waals surface area contributed by atoms with Crippen molar-refractivity contribution in [3.8, 4) is 0 Å². The summed E-state index contributed by atoms with van der Waals surface area (Å²) in [6.07, 6.45) is 0. The minimum absolute atomic E-state index is 0.177. The van der Waals surface area contributed by atoms with Gasteiger partial charge < -0.3 is 14.2 Å². The Morgan fingerprint density at radius 1 is 0.960 bits per heavy atom. The Kier molecular flexibility index (Phi) is 6.14. The van der Waals surface area contributed by atoms with Gasteiger partial charge in [-0.15, -0.1) is 0 Å². The quantitative estimate of drug-likeness (QED) is 0.583. The largest absolute Gasteiger partial charge is 0.469 e. The summed E-state index contributed by atoms with van der Waals surface area (Å²) in [5.41, 5.74) is 0.807. The maximum Gasteiger partial charge on any atom is 0.324 e. The number of carbonyl (C=O) groups is 3. The minimum Gasteiger partial charge on any atom is -0.469 e. The van der Waals surface area contributed by atoms with Crippen molar-refractivity contribution in [2.75, 3.05) is 27.9 Å². The first-order valence-corrected chi connectivity index (χ1v) is 8.07. The SMILES string of the molecule is CCOC(=O)[C@@H]1[C@H](C(=O)OC)[C@H](C(=O)OC)[C@H](c2ccccc2)N1C. The second-order valence-electron chi connectivity index (χ2n) is 5.82. The Bertz CT molecular complexity index is 632. The maximum absolute atomic E-state index is 12.5. The number of benzene rings is 1. The van der Waals surface area contributed by atoms with Crippen LogP contribution in [0.25, 0.3) is 0 Å². The molecule has 1 fully saturated rings. The molecule has 4 atom stereocenters. The van der Waals surface area contributed by atoms with E-state index in [1.165, 1.54) is 14.2 Å². The fourth-order valence-electron chi connectivity index (χ4n) is 3.53. The van der Waals surface area contributed by atoms with Gasteiger partial charge in [-0.2, -0.15) is 0 Å². The van der Waals surface area contributed by atoms with Crippen LogP contribution in [0.15, 0.2) is 30.3 Å². The lowest BCUT2D eigenvalue weighted by Gasteiger charge is -2.26. The first-order valence-electron chi connectivity index (χ1n) is 8.07. The molecule has 0 bridgehead atoms. The Morgan fingerprint density at radius 2 is 1.52 bits per heavy atom. The molecular weight excluding hydrogens is 326 g/mol. The van der Waals surface area contributed by atoms with E-state index < -0.39 is 41.8 Å². The van der Waals surface area contributed by atoms with Crippen LogP contribution in [-0.2, 0) is 28.6 Å². The van der Waals surface area contributed by atoms with E-state index >= 15 is 0 Å². The molecule has 0 radical (unpaired) electrons. The number of hydrogen-bond acceptors (Lipinski definition) is 7. The molecule has 1 aliphatic heterocycles. The topological polar surface area (TPSA) is 82.1 Å². The second kappa shape index (κ2) is 8.11. The number of nitrogens with zero attached hydrogens (tertiary/aromatic N) is 1. The summed E-state index contributed by atoms with van der Waals surface area (Å²) in [5, 5.41) is 0. The smallest absolute Gasteiger partial charge is 0.324 e. The van der Waals surface area contributed by atoms with E-state index in [2.05, 4.69) is 0 Å². The van der Waals surface area contributed by atoms with E-state index in [9.17, 15) is 14.4 Å². The van der Waals surface area contributed by atoms with E-state index in [0.717, 1.165) is 5.56 Å². The first kappa shape index (κ1) is 18.9. The number of rotatable bonds is 5. The van der Waals surface area contributed by atoms with Crippen LogP contribution in [0.5, 0.6) is 0 Å². The van der Waals surface area contributed by atoms with Gasteiger partial charge in [0.2, 0.25) is 0 Å². The third-order valence-electron chi connectivity index (χ3n) is 4.56. The summed E-state index contributed by atoms with van der Waals surface area (Å²) >= 11 is 0. The summed E-state index contributed by atoms with van der Waals surface area (Å²) in [6.45, 7) is 1.86. The Hall–Kier alpha value is -2.41. The number of esters is 3. The van der Waals surface area contributed by atoms with Crippen molar-refractivity contribution < 1.29 is 28.6 Å². The molecule has 136 valence electrons. The van der Waals surface area contributed by atoms with Crippen molar-refractivity contribution in [3.63, 3.8) is 0 Å². The lowest BCUT2D eigenvalue weighted by atomic mass is 9.84. The highest BCUT2D eigenvalue weighted by Crippen LogP contribution is 2.45. The fourth-order valence-corrected chi connectivity index (χ4v) is 3.53. The van der Waals surface area contributed by atoms with E-state index in [4.69, 9.17) is 14.2 Å². The molecule has 1 aromatic carbocycles. The molecule has 2 rings (SSSR count). The van der Waals surface area contributed by atoms with Crippen LogP contribution in [0.2, 0.25) is 0 Å². The standard InChI is InChI=1S/C18H23NO6/c1-5-25-18(22)15-13(17(21)24-4)12(16(20)23-3)14(19(15)2)11-9-7-6-8-10-11/h6-10,12-15H,5H2,1-4H3/t12-,13+,14-,15-/m0/s1. The number of carbonyl (C=O) groups excluding carboxylic acids is 3. The van der Waals surface area contributed by atoms with Crippen molar-refractivity contribution in [3.05, 3.63) is 35.9 Å². The van der Waals surface area contributed by atoms with E-state index in [1.807, 2.05) is 30.3 Å². The number of likely N-dealkylation sites (N-methyl/N-ethyl adjacent to an activating group) is 1. The highest BCUT2D eigenvalue weighted by molar-refractivity contribution is 5.91. The third-order valence-corrected chi connectivity index (χ3v) is 4.56. The molecule has 1 aromatic rings. The van der Waals surface area contributed by atoms with E-state index in [-0.39, 0.29) is 6.61 Å². The third kappa shape index (κ3) is 3.51. The zero-order valence-corrected chi connectivity index (χ0v) is 14.8. The lowest BCUT2D eigenvalue weighted by molar-refractivity contribution is -0.161. The van der Waals surface area contributed by atoms with Crippen molar-refractivity contribution in [1.82, 2.24) is 4.90 Å². The molecule has 0 saturated carbocycles. The molecule has 0 spiro atoms. The molecule has 0 amide bonds. The number of methoxy groups -OCH3 is 2. The monoisotopic (exact) mass is 349 g/mol. The molecule has 0 aromatic heterocycles. The van der Waals surface area contributed by atoms with Gasteiger partial charge in [-0.3, -0.25) is 19.3 Å². The van der Waals surface area contributed by atoms with Crippen LogP contribution in [0.1, 0.15) is 18.5 Å². The molecule has 1 heterocycles. The predicted molar refractivity (Wildman–Crippen MR) is 88.4 cm³/mol. The molecule has 7 heteroatoms. The Morgan fingerprint density at radius 3 is 2.04 bits per heavy atom. The van der Waals surface area contributed by atoms with Gasteiger partial charge in [-0.1, -0.05) is 30.3 Å². The van der Waals surface area contributed by atoms with Gasteiger partial charge in [-0.05, 0) is 19.5 Å². The van der Waals surface area contributed by atoms with Crippen molar-refractivity contribution >= 4 is 17.9 Å². The van der Waals surface area contributed by atoms with E-state index in [0.29, 0.717) is 0 Å². The van der Waals surface area contributed by atoms with Crippen LogP contribution in [-0.4, -0.2) is 56.7 Å². The molecule has 25 heavy (non-hydrogen) atoms. The highest BCUT2D eigenvalue weighted by atomic mass is 16.5. The van der Waals surface area contributed by atoms with Crippen LogP contribution in [0, 0.1) is 11.8 Å². The average molecular weight is 349 g/mol. The van der Waals surface area contributed by atoms with Gasteiger partial charge in [0.1, 0.15) is 6.04 Å². The predicted octanol–water partition coefficient (Wildman–Crippen LogP) is 1.18. The fraction of sp³-hybridized carbons (Fsp3) is 0.500. The van der Waals surface area contributed by atoms with Crippen molar-refractivity contribution in [2.45, 2.75) is 19.0 Å². The second-order valence-corrected chi connectivity index (χ2v) is 5.82. The van der Waals surface area contributed by atoms with Gasteiger partial charge in [-0.25, -0.2) is 0 Å². The van der Waals surface area contributed by atoms with Crippen LogP contribution in [0.3, 0.4) is 0 Å². The highest BCUT2D eigenvalue weighted by Gasteiger charge is 2.58. The summed E-state index contributed by atoms with van der Waals surface area (Å²) in [4.78, 5) is 39.1. The van der Waals surface area contributed by atoms with E-state index in [1.54, 1.807) is 18.9 Å². The molecule has 7 nitrogen and oxygen atoms in total.